The molecule has 30 heavy (non-hydrogen) atoms. The van der Waals surface area contributed by atoms with Gasteiger partial charge in [0, 0.05) is 24.2 Å². The topological polar surface area (TPSA) is 46.9 Å². The molecule has 1 amide bonds. The number of rotatable bonds is 7. The number of amides is 1. The van der Waals surface area contributed by atoms with Crippen LogP contribution in [0.1, 0.15) is 34.5 Å². The Hall–Kier alpha value is -3.40. The normalized spacial score (nSPS) is 11.0. The molecule has 0 saturated carbocycles. The van der Waals surface area contributed by atoms with Gasteiger partial charge in [-0.05, 0) is 42.2 Å². The van der Waals surface area contributed by atoms with Gasteiger partial charge < -0.3 is 5.32 Å². The molecule has 1 aromatic heterocycles. The second-order valence-electron chi connectivity index (χ2n) is 7.75. The van der Waals surface area contributed by atoms with Crippen molar-refractivity contribution in [3.63, 3.8) is 0 Å². The quantitative estimate of drug-likeness (QED) is 0.480. The summed E-state index contributed by atoms with van der Waals surface area (Å²) in [6.07, 6.45) is 1.22. The summed E-state index contributed by atoms with van der Waals surface area (Å²) in [5, 5.41) is 10.2. The number of fused-ring (bicyclic) bond motifs is 1. The van der Waals surface area contributed by atoms with Crippen LogP contribution in [-0.4, -0.2) is 15.7 Å². The molecular weight excluding hydrogens is 370 g/mol. The molecule has 0 aliphatic heterocycles. The first-order valence-corrected chi connectivity index (χ1v) is 10.4. The highest BCUT2D eigenvalue weighted by Crippen LogP contribution is 2.17. The molecule has 0 aliphatic rings. The number of hydrogen-bond acceptors (Lipinski definition) is 2. The van der Waals surface area contributed by atoms with Gasteiger partial charge in [0.25, 0.3) is 0 Å². The molecule has 3 aromatic carbocycles. The van der Waals surface area contributed by atoms with Gasteiger partial charge in [0.05, 0.1) is 12.2 Å². The van der Waals surface area contributed by atoms with E-state index in [4.69, 9.17) is 0 Å². The molecule has 4 heteroatoms. The number of aryl methyl sites for hydroxylation is 2. The molecule has 4 nitrogen and oxygen atoms in total. The van der Waals surface area contributed by atoms with Crippen molar-refractivity contribution in [2.45, 2.75) is 39.8 Å². The predicted molar refractivity (Wildman–Crippen MR) is 121 cm³/mol. The van der Waals surface area contributed by atoms with Crippen LogP contribution in [0.3, 0.4) is 0 Å². The van der Waals surface area contributed by atoms with Crippen molar-refractivity contribution in [3.8, 4) is 0 Å². The van der Waals surface area contributed by atoms with Gasteiger partial charge >= 0.3 is 0 Å². The Kier molecular flexibility index (Phi) is 5.94. The smallest absolute Gasteiger partial charge is 0.220 e. The molecule has 0 unspecified atom stereocenters. The lowest BCUT2D eigenvalue weighted by Crippen LogP contribution is -2.23. The van der Waals surface area contributed by atoms with Gasteiger partial charge in [-0.1, -0.05) is 72.8 Å². The third-order valence-electron chi connectivity index (χ3n) is 5.62. The van der Waals surface area contributed by atoms with E-state index in [1.165, 1.54) is 21.9 Å². The third-order valence-corrected chi connectivity index (χ3v) is 5.62. The van der Waals surface area contributed by atoms with Gasteiger partial charge in [0.2, 0.25) is 5.91 Å². The summed E-state index contributed by atoms with van der Waals surface area (Å²) in [7, 11) is 0. The minimum absolute atomic E-state index is 0.0674. The van der Waals surface area contributed by atoms with E-state index in [1.54, 1.807) is 0 Å². The Morgan fingerprint density at radius 1 is 0.900 bits per heavy atom. The van der Waals surface area contributed by atoms with E-state index in [-0.39, 0.29) is 5.91 Å². The van der Waals surface area contributed by atoms with Gasteiger partial charge in [-0.15, -0.1) is 0 Å². The van der Waals surface area contributed by atoms with Crippen LogP contribution >= 0.6 is 0 Å². The van der Waals surface area contributed by atoms with Crippen molar-refractivity contribution >= 4 is 16.7 Å². The fourth-order valence-electron chi connectivity index (χ4n) is 3.83. The lowest BCUT2D eigenvalue weighted by molar-refractivity contribution is -0.121. The highest BCUT2D eigenvalue weighted by Gasteiger charge is 2.13. The van der Waals surface area contributed by atoms with Crippen molar-refractivity contribution < 1.29 is 4.79 Å². The lowest BCUT2D eigenvalue weighted by Gasteiger charge is -2.08. The fraction of sp³-hybridized carbons (Fsp3) is 0.231. The Labute approximate surface area is 177 Å². The Bertz CT molecular complexity index is 1160. The highest BCUT2D eigenvalue weighted by atomic mass is 16.1. The molecule has 0 atom stereocenters. The first-order chi connectivity index (χ1) is 14.6. The maximum absolute atomic E-state index is 12.4. The zero-order valence-corrected chi connectivity index (χ0v) is 17.6. The number of hydrogen-bond donors (Lipinski definition) is 1. The first kappa shape index (κ1) is 19.9. The summed E-state index contributed by atoms with van der Waals surface area (Å²) in [5.74, 6) is 0.0674. The molecule has 4 aromatic rings. The third kappa shape index (κ3) is 4.60. The van der Waals surface area contributed by atoms with E-state index in [0.29, 0.717) is 13.0 Å². The van der Waals surface area contributed by atoms with Crippen molar-refractivity contribution in [1.29, 1.82) is 0 Å². The Morgan fingerprint density at radius 2 is 1.63 bits per heavy atom. The average Bonchev–Trinajstić information content (AvgIpc) is 3.03. The van der Waals surface area contributed by atoms with E-state index in [9.17, 15) is 4.79 Å². The summed E-state index contributed by atoms with van der Waals surface area (Å²) < 4.78 is 2.02. The van der Waals surface area contributed by atoms with Gasteiger partial charge in [-0.2, -0.15) is 5.10 Å². The minimum Gasteiger partial charge on any atom is -0.352 e. The monoisotopic (exact) mass is 397 g/mol. The number of nitrogens with one attached hydrogen (secondary N) is 1. The number of aromatic nitrogens is 2. The van der Waals surface area contributed by atoms with Crippen molar-refractivity contribution in [2.24, 2.45) is 0 Å². The SMILES string of the molecule is Cc1nn(Cc2ccccc2)c(C)c1CNC(=O)CCc1ccc2ccccc2c1. The van der Waals surface area contributed by atoms with Crippen LogP contribution in [0.4, 0.5) is 0 Å². The van der Waals surface area contributed by atoms with Crippen molar-refractivity contribution in [2.75, 3.05) is 0 Å². The van der Waals surface area contributed by atoms with Crippen LogP contribution in [0.2, 0.25) is 0 Å². The van der Waals surface area contributed by atoms with Crippen LogP contribution in [0.5, 0.6) is 0 Å². The predicted octanol–water partition coefficient (Wildman–Crippen LogP) is 4.95. The van der Waals surface area contributed by atoms with Crippen LogP contribution in [0.25, 0.3) is 10.8 Å². The van der Waals surface area contributed by atoms with Gasteiger partial charge in [0.15, 0.2) is 0 Å². The molecule has 0 saturated heterocycles. The second kappa shape index (κ2) is 8.95. The number of carbonyl (C=O) groups excluding carboxylic acids is 1. The van der Waals surface area contributed by atoms with Crippen molar-refractivity contribution in [3.05, 3.63) is 101 Å². The molecule has 1 heterocycles. The molecule has 0 spiro atoms. The molecule has 0 radical (unpaired) electrons. The second-order valence-corrected chi connectivity index (χ2v) is 7.75. The molecule has 152 valence electrons. The maximum atomic E-state index is 12.4. The Balaban J connectivity index is 1.34. The zero-order chi connectivity index (χ0) is 20.9. The van der Waals surface area contributed by atoms with Crippen LogP contribution in [-0.2, 0) is 24.3 Å². The van der Waals surface area contributed by atoms with Crippen LogP contribution in [0.15, 0.2) is 72.8 Å². The highest BCUT2D eigenvalue weighted by molar-refractivity contribution is 5.83. The summed E-state index contributed by atoms with van der Waals surface area (Å²) in [5.41, 5.74) is 5.58. The maximum Gasteiger partial charge on any atom is 0.220 e. The number of carbonyl (C=O) groups is 1. The fourth-order valence-corrected chi connectivity index (χ4v) is 3.83. The molecule has 0 fully saturated rings. The van der Waals surface area contributed by atoms with E-state index < -0.39 is 0 Å². The van der Waals surface area contributed by atoms with E-state index in [0.717, 1.165) is 29.9 Å². The van der Waals surface area contributed by atoms with E-state index in [1.807, 2.05) is 41.9 Å². The lowest BCUT2D eigenvalue weighted by atomic mass is 10.0. The zero-order valence-electron chi connectivity index (χ0n) is 17.6. The van der Waals surface area contributed by atoms with Crippen molar-refractivity contribution in [1.82, 2.24) is 15.1 Å². The summed E-state index contributed by atoms with van der Waals surface area (Å²) in [4.78, 5) is 12.4. The van der Waals surface area contributed by atoms with E-state index in [2.05, 4.69) is 59.8 Å². The van der Waals surface area contributed by atoms with Gasteiger partial charge in [-0.25, -0.2) is 0 Å². The van der Waals surface area contributed by atoms with E-state index >= 15 is 0 Å². The molecule has 0 bridgehead atoms. The number of nitrogens with zero attached hydrogens (tertiary/aromatic N) is 2. The summed E-state index contributed by atoms with van der Waals surface area (Å²) in [6, 6.07) is 25.0. The van der Waals surface area contributed by atoms with Crippen LogP contribution in [0, 0.1) is 13.8 Å². The number of benzene rings is 3. The van der Waals surface area contributed by atoms with Gasteiger partial charge in [0.1, 0.15) is 0 Å². The minimum atomic E-state index is 0.0674. The molecular formula is C26H27N3O. The largest absolute Gasteiger partial charge is 0.352 e. The summed E-state index contributed by atoms with van der Waals surface area (Å²) in [6.45, 7) is 5.33. The first-order valence-electron chi connectivity index (χ1n) is 10.4. The average molecular weight is 398 g/mol. The van der Waals surface area contributed by atoms with Crippen LogP contribution < -0.4 is 5.32 Å². The molecule has 0 aliphatic carbocycles. The molecule has 4 rings (SSSR count). The molecule has 1 N–H and O–H groups in total. The summed E-state index contributed by atoms with van der Waals surface area (Å²) >= 11 is 0. The Morgan fingerprint density at radius 3 is 2.43 bits per heavy atom. The van der Waals surface area contributed by atoms with Gasteiger partial charge in [-0.3, -0.25) is 9.48 Å². The standard InChI is InChI=1S/C26H27N3O/c1-19-25(20(2)29(28-19)18-22-8-4-3-5-9-22)17-27-26(30)15-13-21-12-14-23-10-6-7-11-24(23)16-21/h3-12,14,16H,13,15,17-18H2,1-2H3,(H,27,30).